The molecule has 0 aromatic rings. The fourth-order valence-corrected chi connectivity index (χ4v) is 2.12. The molecule has 0 aromatic heterocycles. The minimum atomic E-state index is -1.49. The molecule has 4 nitrogen and oxygen atoms in total. The third-order valence-corrected chi connectivity index (χ3v) is 8.97. The van der Waals surface area contributed by atoms with Crippen LogP contribution in [0.2, 0.25) is 50.4 Å². The second-order valence-corrected chi connectivity index (χ2v) is 18.0. The first-order valence-electron chi connectivity index (χ1n) is 6.13. The van der Waals surface area contributed by atoms with E-state index < -0.39 is 28.1 Å². The van der Waals surface area contributed by atoms with Crippen molar-refractivity contribution in [2.45, 2.75) is 64.2 Å². The van der Waals surface area contributed by atoms with Gasteiger partial charge < -0.3 is 19.8 Å². The normalized spacial score (nSPS) is 13.6. The van der Waals surface area contributed by atoms with Crippen molar-refractivity contribution in [1.29, 1.82) is 0 Å². The first-order chi connectivity index (χ1) is 7.71. The summed E-state index contributed by atoms with van der Waals surface area (Å²) >= 11 is 0. The Morgan fingerprint density at radius 2 is 0.850 bits per heavy atom. The van der Waals surface area contributed by atoms with E-state index in [0.29, 0.717) is 0 Å². The molecule has 0 saturated heterocycles. The molecule has 0 aliphatic carbocycles. The zero-order valence-electron chi connectivity index (χ0n) is 14.8. The summed E-state index contributed by atoms with van der Waals surface area (Å²) in [5.74, 6) is -1.82. The maximum atomic E-state index is 10.3. The molecule has 0 amide bonds. The van der Waals surface area contributed by atoms with E-state index in [1.807, 2.05) is 39.3 Å². The standard InChI is InChI=1S/2C6H14O2Si.2Na/c2*1-5(6(7)8)9(2,3)4;;/h2*5H,1-4H3,(H,7,8);;/q;;2*+1/p-2. The molecule has 0 aliphatic rings. The molecule has 0 aliphatic heterocycles. The molecule has 0 N–H and O–H groups in total. The zero-order valence-corrected chi connectivity index (χ0v) is 20.8. The van der Waals surface area contributed by atoms with Gasteiger partial charge in [0.05, 0.1) is 16.1 Å². The molecule has 0 fully saturated rings. The van der Waals surface area contributed by atoms with E-state index in [1.165, 1.54) is 0 Å². The van der Waals surface area contributed by atoms with Gasteiger partial charge in [0.25, 0.3) is 0 Å². The van der Waals surface area contributed by atoms with Crippen molar-refractivity contribution in [3.63, 3.8) is 0 Å². The second-order valence-electron chi connectivity index (χ2n) is 6.81. The summed E-state index contributed by atoms with van der Waals surface area (Å²) in [4.78, 5) is 20.5. The number of carboxylic acid groups (broad SMARTS) is 2. The number of hydrogen-bond donors (Lipinski definition) is 0. The summed E-state index contributed by atoms with van der Waals surface area (Å²) in [6.45, 7) is 15.6. The Hall–Kier alpha value is 1.37. The number of aliphatic carboxylic acids is 2. The number of carbonyl (C=O) groups excluding carboxylic acids is 2. The van der Waals surface area contributed by atoms with Gasteiger partial charge in [0.15, 0.2) is 0 Å². The minimum Gasteiger partial charge on any atom is -0.550 e. The summed E-state index contributed by atoms with van der Waals surface area (Å²) < 4.78 is 0. The molecule has 20 heavy (non-hydrogen) atoms. The number of carboxylic acids is 2. The molecule has 0 spiro atoms. The zero-order chi connectivity index (χ0) is 15.3. The fourth-order valence-electron chi connectivity index (χ4n) is 0.707. The van der Waals surface area contributed by atoms with Crippen molar-refractivity contribution >= 4 is 28.1 Å². The van der Waals surface area contributed by atoms with Gasteiger partial charge >= 0.3 is 59.1 Å². The van der Waals surface area contributed by atoms with E-state index >= 15 is 0 Å². The van der Waals surface area contributed by atoms with Crippen molar-refractivity contribution < 1.29 is 78.9 Å². The summed E-state index contributed by atoms with van der Waals surface area (Å²) in [6.07, 6.45) is 0. The predicted octanol–water partition coefficient (Wildman–Crippen LogP) is -5.06. The summed E-state index contributed by atoms with van der Waals surface area (Å²) in [5.41, 5.74) is -0.477. The topological polar surface area (TPSA) is 80.3 Å². The first-order valence-corrected chi connectivity index (χ1v) is 13.3. The van der Waals surface area contributed by atoms with Crippen LogP contribution < -0.4 is 69.3 Å². The SMILES string of the molecule is CC(C(=O)[O-])[Si](C)(C)C.CC(C(=O)[O-])[Si](C)(C)C.[Na+].[Na+]. The summed E-state index contributed by atoms with van der Waals surface area (Å²) in [5, 5.41) is 20.5. The molecule has 8 heteroatoms. The molecule has 0 radical (unpaired) electrons. The van der Waals surface area contributed by atoms with Crippen molar-refractivity contribution in [3.05, 3.63) is 0 Å². The fraction of sp³-hybridized carbons (Fsp3) is 0.833. The van der Waals surface area contributed by atoms with Crippen molar-refractivity contribution in [2.24, 2.45) is 0 Å². The third-order valence-electron chi connectivity index (χ3n) is 3.31. The van der Waals surface area contributed by atoms with Crippen LogP contribution in [0.4, 0.5) is 0 Å². The molecule has 2 atom stereocenters. The van der Waals surface area contributed by atoms with Crippen LogP contribution in [0, 0.1) is 0 Å². The first kappa shape index (κ1) is 29.4. The molecule has 0 rings (SSSR count). The molecular weight excluding hydrogens is 310 g/mol. The Bertz CT molecular complexity index is 269. The third kappa shape index (κ3) is 14.3. The van der Waals surface area contributed by atoms with Crippen LogP contribution in [-0.2, 0) is 9.59 Å². The molecule has 0 saturated carbocycles. The van der Waals surface area contributed by atoms with Crippen molar-refractivity contribution in [2.75, 3.05) is 0 Å². The van der Waals surface area contributed by atoms with Crippen LogP contribution in [0.5, 0.6) is 0 Å². The largest absolute Gasteiger partial charge is 1.00 e. The van der Waals surface area contributed by atoms with E-state index in [0.717, 1.165) is 0 Å². The van der Waals surface area contributed by atoms with E-state index in [9.17, 15) is 19.8 Å². The van der Waals surface area contributed by atoms with Gasteiger partial charge in [-0.15, -0.1) is 0 Å². The number of hydrogen-bond acceptors (Lipinski definition) is 4. The van der Waals surface area contributed by atoms with Crippen LogP contribution >= 0.6 is 0 Å². The van der Waals surface area contributed by atoms with Crippen molar-refractivity contribution in [1.82, 2.24) is 0 Å². The monoisotopic (exact) mass is 336 g/mol. The van der Waals surface area contributed by atoms with Gasteiger partial charge in [-0.1, -0.05) is 53.1 Å². The van der Waals surface area contributed by atoms with Crippen LogP contribution in [-0.4, -0.2) is 28.1 Å². The van der Waals surface area contributed by atoms with Gasteiger partial charge in [0.1, 0.15) is 0 Å². The predicted molar refractivity (Wildman–Crippen MR) is 75.6 cm³/mol. The van der Waals surface area contributed by atoms with Crippen LogP contribution in [0.1, 0.15) is 13.8 Å². The second kappa shape index (κ2) is 11.9. The molecule has 2 unspecified atom stereocenters. The summed E-state index contributed by atoms with van der Waals surface area (Å²) in [6, 6.07) is 0. The molecule has 0 bridgehead atoms. The van der Waals surface area contributed by atoms with E-state index in [2.05, 4.69) is 0 Å². The maximum absolute atomic E-state index is 10.3. The number of rotatable bonds is 4. The van der Waals surface area contributed by atoms with Crippen molar-refractivity contribution in [3.8, 4) is 0 Å². The number of carbonyl (C=O) groups is 2. The molecular formula is C12H26Na2O4Si2. The summed E-state index contributed by atoms with van der Waals surface area (Å²) in [7, 11) is -2.97. The van der Waals surface area contributed by atoms with E-state index in [-0.39, 0.29) is 70.2 Å². The van der Waals surface area contributed by atoms with Gasteiger partial charge in [-0.2, -0.15) is 0 Å². The van der Waals surface area contributed by atoms with Crippen LogP contribution in [0.15, 0.2) is 0 Å². The quantitative estimate of drug-likeness (QED) is 0.481. The molecule has 0 aromatic carbocycles. The average molecular weight is 336 g/mol. The Balaban J connectivity index is -0.000000116. The van der Waals surface area contributed by atoms with Crippen LogP contribution in [0.3, 0.4) is 0 Å². The van der Waals surface area contributed by atoms with Gasteiger partial charge in [0.2, 0.25) is 0 Å². The van der Waals surface area contributed by atoms with Gasteiger partial charge in [-0.25, -0.2) is 0 Å². The average Bonchev–Trinajstić information content (AvgIpc) is 2.13. The maximum Gasteiger partial charge on any atom is 1.00 e. The van der Waals surface area contributed by atoms with E-state index in [1.54, 1.807) is 13.8 Å². The molecule has 108 valence electrons. The minimum absolute atomic E-state index is 0. The van der Waals surface area contributed by atoms with Gasteiger partial charge in [-0.3, -0.25) is 0 Å². The van der Waals surface area contributed by atoms with Crippen LogP contribution in [0.25, 0.3) is 0 Å². The Labute approximate surface area is 169 Å². The van der Waals surface area contributed by atoms with Gasteiger partial charge in [0, 0.05) is 11.9 Å². The van der Waals surface area contributed by atoms with Gasteiger partial charge in [-0.05, 0) is 11.1 Å². The Kier molecular flexibility index (Phi) is 17.5. The Morgan fingerprint density at radius 3 is 0.850 bits per heavy atom. The van der Waals surface area contributed by atoms with E-state index in [4.69, 9.17) is 0 Å². The Morgan fingerprint density at radius 1 is 0.700 bits per heavy atom. The smallest absolute Gasteiger partial charge is 0.550 e. The molecule has 0 heterocycles.